The van der Waals surface area contributed by atoms with E-state index in [2.05, 4.69) is 20.4 Å². The number of ether oxygens (including phenoxy) is 1. The predicted molar refractivity (Wildman–Crippen MR) is 122 cm³/mol. The average molecular weight is 474 g/mol. The van der Waals surface area contributed by atoms with Crippen molar-refractivity contribution in [3.63, 3.8) is 0 Å². The van der Waals surface area contributed by atoms with Gasteiger partial charge >= 0.3 is 0 Å². The van der Waals surface area contributed by atoms with E-state index >= 15 is 0 Å². The molecule has 2 aromatic heterocycles. The fourth-order valence-electron chi connectivity index (χ4n) is 4.07. The van der Waals surface area contributed by atoms with Crippen LogP contribution in [0.15, 0.2) is 36.7 Å². The molecule has 0 unspecified atom stereocenters. The van der Waals surface area contributed by atoms with E-state index in [1.807, 2.05) is 0 Å². The summed E-state index contributed by atoms with van der Waals surface area (Å²) in [7, 11) is 0. The van der Waals surface area contributed by atoms with Gasteiger partial charge in [-0.25, -0.2) is 18.7 Å². The van der Waals surface area contributed by atoms with E-state index in [4.69, 9.17) is 4.74 Å². The van der Waals surface area contributed by atoms with Gasteiger partial charge in [0, 0.05) is 30.4 Å². The standard InChI is InChI=1S/C24H29F2N5O3/c1-24(2,33)11-12-34-17-9-7-16(8-10-17)29-22(32)15-13-27-23(28-14-15)31-19-6-4-3-5-18(19)20(30-31)21(25)26/h3-6,13-14,16-17,21,33H,7-12H2,1-2H3,(H,29,32). The number of hydrogen-bond donors (Lipinski definition) is 2. The Kier molecular flexibility index (Phi) is 7.18. The molecule has 1 fully saturated rings. The van der Waals surface area contributed by atoms with Crippen molar-refractivity contribution in [2.24, 2.45) is 0 Å². The third-order valence-electron chi connectivity index (χ3n) is 5.99. The molecule has 0 aliphatic heterocycles. The number of aromatic nitrogens is 4. The summed E-state index contributed by atoms with van der Waals surface area (Å²) >= 11 is 0. The van der Waals surface area contributed by atoms with Crippen LogP contribution in [-0.2, 0) is 4.74 Å². The molecule has 2 N–H and O–H groups in total. The second-order valence-corrected chi connectivity index (χ2v) is 9.27. The first-order chi connectivity index (χ1) is 16.2. The normalized spacial score (nSPS) is 19.0. The smallest absolute Gasteiger partial charge is 0.282 e. The molecule has 1 aliphatic rings. The zero-order chi connectivity index (χ0) is 24.3. The third-order valence-corrected chi connectivity index (χ3v) is 5.99. The maximum atomic E-state index is 13.4. The summed E-state index contributed by atoms with van der Waals surface area (Å²) in [6, 6.07) is 6.68. The monoisotopic (exact) mass is 473 g/mol. The van der Waals surface area contributed by atoms with Crippen LogP contribution in [0, 0.1) is 0 Å². The zero-order valence-electron chi connectivity index (χ0n) is 19.2. The van der Waals surface area contributed by atoms with Crippen molar-refractivity contribution in [1.29, 1.82) is 0 Å². The number of halogens is 2. The molecule has 0 bridgehead atoms. The molecule has 8 nitrogen and oxygen atoms in total. The number of para-hydroxylation sites is 1. The maximum Gasteiger partial charge on any atom is 0.282 e. The van der Waals surface area contributed by atoms with E-state index < -0.39 is 12.0 Å². The van der Waals surface area contributed by atoms with Crippen LogP contribution in [0.1, 0.15) is 68.4 Å². The van der Waals surface area contributed by atoms with Gasteiger partial charge in [-0.05, 0) is 52.0 Å². The first-order valence-corrected chi connectivity index (χ1v) is 11.4. The van der Waals surface area contributed by atoms with E-state index in [0.717, 1.165) is 25.7 Å². The molecule has 0 radical (unpaired) electrons. The Morgan fingerprint density at radius 2 is 1.88 bits per heavy atom. The van der Waals surface area contributed by atoms with Crippen LogP contribution >= 0.6 is 0 Å². The minimum absolute atomic E-state index is 0.0324. The van der Waals surface area contributed by atoms with E-state index in [1.54, 1.807) is 38.1 Å². The maximum absolute atomic E-state index is 13.4. The molecule has 2 heterocycles. The predicted octanol–water partition coefficient (Wildman–Crippen LogP) is 3.97. The molecule has 1 amide bonds. The largest absolute Gasteiger partial charge is 0.390 e. The number of carbonyl (C=O) groups is 1. The lowest BCUT2D eigenvalue weighted by atomic mass is 9.92. The van der Waals surface area contributed by atoms with Gasteiger partial charge in [-0.1, -0.05) is 18.2 Å². The molecule has 182 valence electrons. The van der Waals surface area contributed by atoms with E-state index in [1.165, 1.54) is 17.1 Å². The molecule has 34 heavy (non-hydrogen) atoms. The van der Waals surface area contributed by atoms with Crippen molar-refractivity contribution < 1.29 is 23.4 Å². The Morgan fingerprint density at radius 3 is 2.53 bits per heavy atom. The Labute approximate surface area is 196 Å². The van der Waals surface area contributed by atoms with Crippen molar-refractivity contribution >= 4 is 16.8 Å². The van der Waals surface area contributed by atoms with Gasteiger partial charge in [0.05, 0.1) is 22.8 Å². The summed E-state index contributed by atoms with van der Waals surface area (Å²) in [5.41, 5.74) is -0.312. The van der Waals surface area contributed by atoms with E-state index in [9.17, 15) is 18.7 Å². The fourth-order valence-corrected chi connectivity index (χ4v) is 4.07. The second-order valence-electron chi connectivity index (χ2n) is 9.27. The van der Waals surface area contributed by atoms with Gasteiger partial charge in [0.1, 0.15) is 5.69 Å². The molecular weight excluding hydrogens is 444 g/mol. The van der Waals surface area contributed by atoms with Crippen LogP contribution in [0.2, 0.25) is 0 Å². The molecule has 1 aliphatic carbocycles. The minimum atomic E-state index is -2.72. The summed E-state index contributed by atoms with van der Waals surface area (Å²) in [5, 5.41) is 17.1. The SMILES string of the molecule is CC(C)(O)CCOC1CCC(NC(=O)c2cnc(-n3nc(C(F)F)c4ccccc43)nc2)CC1. The van der Waals surface area contributed by atoms with Gasteiger partial charge in [-0.2, -0.15) is 9.78 Å². The van der Waals surface area contributed by atoms with Gasteiger partial charge in [0.15, 0.2) is 0 Å². The molecule has 1 aromatic carbocycles. The van der Waals surface area contributed by atoms with Gasteiger partial charge in [-0.15, -0.1) is 0 Å². The summed E-state index contributed by atoms with van der Waals surface area (Å²) in [6.07, 6.45) is 4.02. The van der Waals surface area contributed by atoms with Gasteiger partial charge in [0.2, 0.25) is 0 Å². The first-order valence-electron chi connectivity index (χ1n) is 11.4. The Morgan fingerprint density at radius 1 is 1.21 bits per heavy atom. The topological polar surface area (TPSA) is 102 Å². The highest BCUT2D eigenvalue weighted by Gasteiger charge is 2.25. The molecule has 10 heteroatoms. The highest BCUT2D eigenvalue weighted by molar-refractivity contribution is 5.93. The molecule has 1 saturated carbocycles. The average Bonchev–Trinajstić information content (AvgIpc) is 3.20. The number of benzene rings is 1. The number of rotatable bonds is 8. The lowest BCUT2D eigenvalue weighted by Crippen LogP contribution is -2.39. The number of nitrogens with zero attached hydrogens (tertiary/aromatic N) is 4. The number of nitrogens with one attached hydrogen (secondary N) is 1. The van der Waals surface area contributed by atoms with Crippen molar-refractivity contribution in [1.82, 2.24) is 25.1 Å². The highest BCUT2D eigenvalue weighted by Crippen LogP contribution is 2.28. The molecule has 0 spiro atoms. The van der Waals surface area contributed by atoms with Crippen molar-refractivity contribution in [2.75, 3.05) is 6.61 Å². The molecular formula is C24H29F2N5O3. The lowest BCUT2D eigenvalue weighted by Gasteiger charge is -2.29. The van der Waals surface area contributed by atoms with Gasteiger partial charge in [-0.3, -0.25) is 4.79 Å². The minimum Gasteiger partial charge on any atom is -0.390 e. The number of aliphatic hydroxyl groups is 1. The van der Waals surface area contributed by atoms with Crippen LogP contribution in [-0.4, -0.2) is 55.1 Å². The van der Waals surface area contributed by atoms with Gasteiger partial charge < -0.3 is 15.2 Å². The molecule has 0 atom stereocenters. The summed E-state index contributed by atoms with van der Waals surface area (Å²) in [5.74, 6) is -0.167. The van der Waals surface area contributed by atoms with Crippen molar-refractivity contribution in [2.45, 2.75) is 70.1 Å². The quantitative estimate of drug-likeness (QED) is 0.513. The second kappa shape index (κ2) is 10.1. The Hall–Kier alpha value is -2.98. The molecule has 3 aromatic rings. The number of amides is 1. The van der Waals surface area contributed by atoms with Crippen molar-refractivity contribution in [3.8, 4) is 5.95 Å². The summed E-state index contributed by atoms with van der Waals surface area (Å²) < 4.78 is 33.8. The zero-order valence-corrected chi connectivity index (χ0v) is 19.2. The Balaban J connectivity index is 1.35. The van der Waals surface area contributed by atoms with Crippen molar-refractivity contribution in [3.05, 3.63) is 47.9 Å². The molecule has 4 rings (SSSR count). The van der Waals surface area contributed by atoms with Crippen LogP contribution in [0.3, 0.4) is 0 Å². The number of carbonyl (C=O) groups excluding carboxylic acids is 1. The summed E-state index contributed by atoms with van der Waals surface area (Å²) in [4.78, 5) is 21.0. The van der Waals surface area contributed by atoms with Gasteiger partial charge in [0.25, 0.3) is 18.3 Å². The van der Waals surface area contributed by atoms with Crippen LogP contribution in [0.25, 0.3) is 16.9 Å². The number of fused-ring (bicyclic) bond motifs is 1. The number of alkyl halides is 2. The van der Waals surface area contributed by atoms with E-state index in [-0.39, 0.29) is 35.3 Å². The van der Waals surface area contributed by atoms with Crippen LogP contribution < -0.4 is 5.32 Å². The number of hydrogen-bond acceptors (Lipinski definition) is 6. The van der Waals surface area contributed by atoms with Crippen LogP contribution in [0.5, 0.6) is 0 Å². The third kappa shape index (κ3) is 5.74. The first kappa shape index (κ1) is 24.2. The highest BCUT2D eigenvalue weighted by atomic mass is 19.3. The van der Waals surface area contributed by atoms with E-state index in [0.29, 0.717) is 23.9 Å². The lowest BCUT2D eigenvalue weighted by molar-refractivity contribution is -0.0165. The fraction of sp³-hybridized carbons (Fsp3) is 0.500. The summed E-state index contributed by atoms with van der Waals surface area (Å²) in [6.45, 7) is 4.03. The molecule has 0 saturated heterocycles. The van der Waals surface area contributed by atoms with Crippen LogP contribution in [0.4, 0.5) is 8.78 Å². The Bertz CT molecular complexity index is 1120.